The number of sulfone groups is 1. The second-order valence-corrected chi connectivity index (χ2v) is 6.30. The highest BCUT2D eigenvalue weighted by Gasteiger charge is 2.16. The van der Waals surface area contributed by atoms with Crippen molar-refractivity contribution >= 4 is 15.8 Å². The molecule has 0 unspecified atom stereocenters. The highest BCUT2D eigenvalue weighted by Crippen LogP contribution is 2.20. The van der Waals surface area contributed by atoms with Crippen LogP contribution in [0, 0.1) is 0 Å². The summed E-state index contributed by atoms with van der Waals surface area (Å²) >= 11 is 0. The molecule has 0 aliphatic heterocycles. The van der Waals surface area contributed by atoms with Crippen LogP contribution in [0.5, 0.6) is 5.88 Å². The largest absolute Gasteiger partial charge is 0.516 e. The quantitative estimate of drug-likeness (QED) is 0.703. The van der Waals surface area contributed by atoms with Crippen LogP contribution in [0.1, 0.15) is 10.5 Å². The van der Waals surface area contributed by atoms with Crippen LogP contribution >= 0.6 is 0 Å². The molecule has 2 rings (SSSR count). The van der Waals surface area contributed by atoms with Crippen molar-refractivity contribution in [2.45, 2.75) is 4.90 Å². The second-order valence-electron chi connectivity index (χ2n) is 4.26. The molecule has 9 heteroatoms. The molecule has 1 aromatic heterocycles. The second kappa shape index (κ2) is 5.90. The summed E-state index contributed by atoms with van der Waals surface area (Å²) in [6, 6.07) is 6.36. The van der Waals surface area contributed by atoms with Crippen LogP contribution in [0.3, 0.4) is 0 Å². The highest BCUT2D eigenvalue weighted by molar-refractivity contribution is 7.91. The van der Waals surface area contributed by atoms with E-state index in [1.54, 1.807) is 0 Å². The maximum absolute atomic E-state index is 11.9. The lowest BCUT2D eigenvalue weighted by molar-refractivity contribution is 0.0690. The molecular formula is C13H12N2O6S. The fourth-order valence-electron chi connectivity index (χ4n) is 1.73. The fraction of sp³-hybridized carbons (Fsp3) is 0.0769. The van der Waals surface area contributed by atoms with E-state index in [0.29, 0.717) is 11.9 Å². The molecule has 0 fully saturated rings. The third-order valence-electron chi connectivity index (χ3n) is 2.77. The Morgan fingerprint density at radius 3 is 2.41 bits per heavy atom. The van der Waals surface area contributed by atoms with Crippen LogP contribution < -0.4 is 0 Å². The number of carbonyl (C=O) groups is 1. The lowest BCUT2D eigenvalue weighted by atomic mass is 10.3. The van der Waals surface area contributed by atoms with Gasteiger partial charge in [0.25, 0.3) is 0 Å². The predicted molar refractivity (Wildman–Crippen MR) is 76.0 cm³/mol. The van der Waals surface area contributed by atoms with E-state index in [1.165, 1.54) is 24.3 Å². The number of carboxylic acid groups (broad SMARTS) is 1. The van der Waals surface area contributed by atoms with E-state index >= 15 is 0 Å². The van der Waals surface area contributed by atoms with E-state index in [9.17, 15) is 18.3 Å². The van der Waals surface area contributed by atoms with Gasteiger partial charge in [0.05, 0.1) is 22.6 Å². The summed E-state index contributed by atoms with van der Waals surface area (Å²) in [4.78, 5) is 10.8. The Bertz CT molecular complexity index is 821. The Kier molecular flexibility index (Phi) is 4.18. The Hall–Kier alpha value is -2.81. The van der Waals surface area contributed by atoms with E-state index in [4.69, 9.17) is 10.2 Å². The maximum atomic E-state index is 11.9. The molecule has 1 heterocycles. The number of rotatable bonds is 5. The minimum absolute atomic E-state index is 0.0273. The summed E-state index contributed by atoms with van der Waals surface area (Å²) in [5.74, 6) is -2.01. The number of hydrogen-bond donors (Lipinski definition) is 3. The third kappa shape index (κ3) is 3.09. The number of carboxylic acids is 1. The van der Waals surface area contributed by atoms with Crippen LogP contribution in [0.15, 0.2) is 47.6 Å². The number of hydrogen-bond acceptors (Lipinski definition) is 6. The van der Waals surface area contributed by atoms with Crippen molar-refractivity contribution in [1.29, 1.82) is 0 Å². The third-order valence-corrected chi connectivity index (χ3v) is 4.39. The smallest absolute Gasteiger partial charge is 0.356 e. The summed E-state index contributed by atoms with van der Waals surface area (Å²) in [6.45, 7) is 0. The average Bonchev–Trinajstić information content (AvgIpc) is 2.87. The first-order valence-corrected chi connectivity index (χ1v) is 7.65. The van der Waals surface area contributed by atoms with E-state index in [2.05, 4.69) is 5.10 Å². The zero-order chi connectivity index (χ0) is 16.3. The first-order chi connectivity index (χ1) is 10.3. The molecule has 0 saturated heterocycles. The minimum Gasteiger partial charge on any atom is -0.516 e. The van der Waals surface area contributed by atoms with Gasteiger partial charge in [-0.15, -0.1) is 0 Å². The van der Waals surface area contributed by atoms with Gasteiger partial charge >= 0.3 is 5.97 Å². The number of aromatic carboxylic acids is 1. The van der Waals surface area contributed by atoms with E-state index in [0.717, 1.165) is 16.8 Å². The van der Waals surface area contributed by atoms with Crippen molar-refractivity contribution in [2.24, 2.45) is 0 Å². The van der Waals surface area contributed by atoms with Crippen molar-refractivity contribution in [3.63, 3.8) is 0 Å². The number of aliphatic hydroxyl groups is 1. The topological polar surface area (TPSA) is 130 Å². The monoisotopic (exact) mass is 324 g/mol. The van der Waals surface area contributed by atoms with Gasteiger partial charge < -0.3 is 15.3 Å². The maximum Gasteiger partial charge on any atom is 0.356 e. The molecule has 1 aromatic carbocycles. The van der Waals surface area contributed by atoms with Crippen LogP contribution in [0.25, 0.3) is 5.69 Å². The highest BCUT2D eigenvalue weighted by atomic mass is 32.2. The van der Waals surface area contributed by atoms with Gasteiger partial charge in [0.1, 0.15) is 0 Å². The SMILES string of the molecule is O=C(O)c1cc(O)n(-c2ccc(S(=O)(=O)CC=CO)cc2)n1. The molecule has 8 nitrogen and oxygen atoms in total. The number of aromatic hydroxyl groups is 1. The molecule has 0 aliphatic carbocycles. The molecule has 0 atom stereocenters. The summed E-state index contributed by atoms with van der Waals surface area (Å²) in [5, 5.41) is 30.7. The Balaban J connectivity index is 2.35. The van der Waals surface area contributed by atoms with Gasteiger partial charge in [-0.25, -0.2) is 17.9 Å². The van der Waals surface area contributed by atoms with Gasteiger partial charge in [0, 0.05) is 6.07 Å². The molecule has 116 valence electrons. The van der Waals surface area contributed by atoms with Gasteiger partial charge in [-0.3, -0.25) is 0 Å². The number of nitrogens with zero attached hydrogens (tertiary/aromatic N) is 2. The first kappa shape index (κ1) is 15.6. The molecule has 0 radical (unpaired) electrons. The predicted octanol–water partition coefficient (Wildman–Crippen LogP) is 1.12. The number of aromatic nitrogens is 2. The van der Waals surface area contributed by atoms with E-state index < -0.39 is 15.8 Å². The zero-order valence-electron chi connectivity index (χ0n) is 11.1. The standard InChI is InChI=1S/C13H12N2O6S/c16-6-1-7-22(20,21)10-4-2-9(3-5-10)15-12(17)8-11(14-15)13(18)19/h1-6,8,16-17H,7H2,(H,18,19). The Morgan fingerprint density at radius 2 is 1.91 bits per heavy atom. The normalized spacial score (nSPS) is 11.8. The van der Waals surface area contributed by atoms with E-state index in [1.807, 2.05) is 0 Å². The lowest BCUT2D eigenvalue weighted by Gasteiger charge is -2.05. The van der Waals surface area contributed by atoms with Crippen LogP contribution in [0.2, 0.25) is 0 Å². The van der Waals surface area contributed by atoms with Gasteiger partial charge in [-0.05, 0) is 30.3 Å². The molecule has 0 amide bonds. The van der Waals surface area contributed by atoms with Crippen molar-refractivity contribution in [1.82, 2.24) is 9.78 Å². The van der Waals surface area contributed by atoms with Crippen LogP contribution in [-0.2, 0) is 9.84 Å². The van der Waals surface area contributed by atoms with Crippen molar-refractivity contribution in [3.8, 4) is 11.6 Å². The summed E-state index contributed by atoms with van der Waals surface area (Å²) < 4.78 is 24.8. The molecule has 3 N–H and O–H groups in total. The van der Waals surface area contributed by atoms with Crippen LogP contribution in [0.4, 0.5) is 0 Å². The summed E-state index contributed by atoms with van der Waals surface area (Å²) in [7, 11) is -3.57. The molecular weight excluding hydrogens is 312 g/mol. The number of aliphatic hydroxyl groups excluding tert-OH is 1. The van der Waals surface area contributed by atoms with Gasteiger partial charge in [0.2, 0.25) is 5.88 Å². The first-order valence-electron chi connectivity index (χ1n) is 6.00. The summed E-state index contributed by atoms with van der Waals surface area (Å²) in [6.07, 6.45) is 1.75. The van der Waals surface area contributed by atoms with Crippen molar-refractivity contribution in [2.75, 3.05) is 5.75 Å². The number of benzene rings is 1. The molecule has 0 spiro atoms. The van der Waals surface area contributed by atoms with Crippen molar-refractivity contribution in [3.05, 3.63) is 48.4 Å². The fourth-order valence-corrected chi connectivity index (χ4v) is 2.81. The molecule has 2 aromatic rings. The Labute approximate surface area is 125 Å². The van der Waals surface area contributed by atoms with E-state index in [-0.39, 0.29) is 22.2 Å². The van der Waals surface area contributed by atoms with Gasteiger partial charge in [-0.2, -0.15) is 5.10 Å². The molecule has 0 saturated carbocycles. The summed E-state index contributed by atoms with van der Waals surface area (Å²) in [5.41, 5.74) is -0.0241. The molecule has 0 aliphatic rings. The Morgan fingerprint density at radius 1 is 1.27 bits per heavy atom. The van der Waals surface area contributed by atoms with Crippen LogP contribution in [-0.4, -0.2) is 45.2 Å². The van der Waals surface area contributed by atoms with Crippen molar-refractivity contribution < 1.29 is 28.5 Å². The van der Waals surface area contributed by atoms with Gasteiger partial charge in [0.15, 0.2) is 15.5 Å². The molecule has 22 heavy (non-hydrogen) atoms. The zero-order valence-corrected chi connectivity index (χ0v) is 11.9. The molecule has 0 bridgehead atoms. The minimum atomic E-state index is -3.57. The average molecular weight is 324 g/mol. The van der Waals surface area contributed by atoms with Gasteiger partial charge in [-0.1, -0.05) is 0 Å². The lowest BCUT2D eigenvalue weighted by Crippen LogP contribution is -2.05.